The molecular formula is C22H22FN3O3. The third-order valence-electron chi connectivity index (χ3n) is 4.51. The van der Waals surface area contributed by atoms with Gasteiger partial charge in [-0.3, -0.25) is 4.98 Å². The molecule has 1 aromatic heterocycles. The summed E-state index contributed by atoms with van der Waals surface area (Å²) in [5, 5.41) is 14.4. The number of carbonyl (C=O) groups is 1. The maximum absolute atomic E-state index is 13.5. The highest BCUT2D eigenvalue weighted by atomic mass is 19.1. The van der Waals surface area contributed by atoms with Gasteiger partial charge in [-0.1, -0.05) is 24.3 Å². The van der Waals surface area contributed by atoms with Crippen LogP contribution in [0.5, 0.6) is 5.75 Å². The summed E-state index contributed by atoms with van der Waals surface area (Å²) in [6.45, 7) is 0.759. The summed E-state index contributed by atoms with van der Waals surface area (Å²) in [7, 11) is 1.52. The summed E-state index contributed by atoms with van der Waals surface area (Å²) in [5.74, 6) is 0.125. The molecule has 3 N–H and O–H groups in total. The lowest BCUT2D eigenvalue weighted by Crippen LogP contribution is -2.33. The Morgan fingerprint density at radius 3 is 2.41 bits per heavy atom. The molecule has 1 amide bonds. The Labute approximate surface area is 168 Å². The average Bonchev–Trinajstić information content (AvgIpc) is 2.74. The zero-order valence-corrected chi connectivity index (χ0v) is 15.9. The number of rotatable bonds is 8. The minimum atomic E-state index is -1.05. The average molecular weight is 395 g/mol. The van der Waals surface area contributed by atoms with E-state index >= 15 is 0 Å². The number of hydrogen-bond acceptors (Lipinski definition) is 4. The van der Waals surface area contributed by atoms with E-state index in [0.29, 0.717) is 18.8 Å². The van der Waals surface area contributed by atoms with Gasteiger partial charge in [0.1, 0.15) is 11.6 Å². The van der Waals surface area contributed by atoms with Crippen molar-refractivity contribution in [3.63, 3.8) is 0 Å². The maximum Gasteiger partial charge on any atom is 0.404 e. The smallest absolute Gasteiger partial charge is 0.404 e. The number of amides is 1. The Morgan fingerprint density at radius 2 is 1.76 bits per heavy atom. The van der Waals surface area contributed by atoms with Gasteiger partial charge in [0.05, 0.1) is 13.2 Å². The Kier molecular flexibility index (Phi) is 6.76. The maximum atomic E-state index is 13.5. The largest absolute Gasteiger partial charge is 0.496 e. The molecule has 0 bridgehead atoms. The summed E-state index contributed by atoms with van der Waals surface area (Å²) in [6, 6.07) is 16.0. The summed E-state index contributed by atoms with van der Waals surface area (Å²) in [5.41, 5.74) is 3.74. The van der Waals surface area contributed by atoms with Crippen molar-refractivity contribution in [1.82, 2.24) is 15.6 Å². The van der Waals surface area contributed by atoms with E-state index in [1.165, 1.54) is 19.2 Å². The predicted molar refractivity (Wildman–Crippen MR) is 108 cm³/mol. The number of methoxy groups -OCH3 is 1. The SMILES string of the molecule is COc1cc(F)ccc1-c1ccc(C(NCCNC(=O)O)c2ccncc2)cc1. The minimum Gasteiger partial charge on any atom is -0.496 e. The third-order valence-corrected chi connectivity index (χ3v) is 4.51. The number of aromatic nitrogens is 1. The van der Waals surface area contributed by atoms with Crippen molar-refractivity contribution < 1.29 is 19.0 Å². The van der Waals surface area contributed by atoms with E-state index in [9.17, 15) is 9.18 Å². The van der Waals surface area contributed by atoms with Crippen molar-refractivity contribution >= 4 is 6.09 Å². The highest BCUT2D eigenvalue weighted by Gasteiger charge is 2.14. The van der Waals surface area contributed by atoms with Crippen molar-refractivity contribution in [2.24, 2.45) is 0 Å². The molecule has 2 aromatic carbocycles. The van der Waals surface area contributed by atoms with Gasteiger partial charge in [-0.05, 0) is 41.0 Å². The number of carboxylic acid groups (broad SMARTS) is 1. The van der Waals surface area contributed by atoms with Gasteiger partial charge in [0.2, 0.25) is 0 Å². The van der Waals surface area contributed by atoms with Gasteiger partial charge >= 0.3 is 6.09 Å². The van der Waals surface area contributed by atoms with Gasteiger partial charge in [-0.2, -0.15) is 0 Å². The van der Waals surface area contributed by atoms with Gasteiger partial charge < -0.3 is 20.5 Å². The Morgan fingerprint density at radius 1 is 1.07 bits per heavy atom. The zero-order chi connectivity index (χ0) is 20.6. The fourth-order valence-corrected chi connectivity index (χ4v) is 3.13. The molecule has 0 saturated heterocycles. The second-order valence-corrected chi connectivity index (χ2v) is 6.37. The Hall–Kier alpha value is -3.45. The van der Waals surface area contributed by atoms with Crippen molar-refractivity contribution in [2.45, 2.75) is 6.04 Å². The first kappa shape index (κ1) is 20.3. The standard InChI is InChI=1S/C22H22FN3O3/c1-29-20-14-18(23)6-7-19(20)15-2-4-16(5-3-15)21(17-8-10-24-11-9-17)25-12-13-26-22(27)28/h2-11,14,21,25-26H,12-13H2,1H3,(H,27,28). The van der Waals surface area contributed by atoms with Crippen LogP contribution in [0, 0.1) is 5.82 Å². The number of hydrogen-bond donors (Lipinski definition) is 3. The second-order valence-electron chi connectivity index (χ2n) is 6.37. The molecule has 0 saturated carbocycles. The number of pyridine rings is 1. The van der Waals surface area contributed by atoms with E-state index < -0.39 is 6.09 Å². The van der Waals surface area contributed by atoms with Gasteiger partial charge in [0, 0.05) is 37.1 Å². The molecule has 0 fully saturated rings. The predicted octanol–water partition coefficient (Wildman–Crippen LogP) is 3.84. The molecule has 0 aliphatic rings. The fourth-order valence-electron chi connectivity index (χ4n) is 3.13. The molecule has 6 nitrogen and oxygen atoms in total. The second kappa shape index (κ2) is 9.66. The fraction of sp³-hybridized carbons (Fsp3) is 0.182. The van der Waals surface area contributed by atoms with E-state index in [2.05, 4.69) is 15.6 Å². The van der Waals surface area contributed by atoms with Crippen LogP contribution in [0.4, 0.5) is 9.18 Å². The normalized spacial score (nSPS) is 11.7. The van der Waals surface area contributed by atoms with Crippen molar-refractivity contribution in [3.05, 3.63) is 83.9 Å². The molecule has 1 atom stereocenters. The van der Waals surface area contributed by atoms with Gasteiger partial charge in [0.15, 0.2) is 0 Å². The summed E-state index contributed by atoms with van der Waals surface area (Å²) in [6.07, 6.45) is 2.39. The van der Waals surface area contributed by atoms with Crippen LogP contribution in [0.2, 0.25) is 0 Å². The lowest BCUT2D eigenvalue weighted by Gasteiger charge is -2.20. The van der Waals surface area contributed by atoms with Crippen molar-refractivity contribution in [1.29, 1.82) is 0 Å². The van der Waals surface area contributed by atoms with Crippen LogP contribution in [0.25, 0.3) is 11.1 Å². The van der Waals surface area contributed by atoms with E-state index in [0.717, 1.165) is 22.3 Å². The first-order valence-corrected chi connectivity index (χ1v) is 9.12. The topological polar surface area (TPSA) is 83.5 Å². The van der Waals surface area contributed by atoms with Crippen LogP contribution in [-0.4, -0.2) is 36.4 Å². The van der Waals surface area contributed by atoms with Gasteiger partial charge in [0.25, 0.3) is 0 Å². The van der Waals surface area contributed by atoms with Crippen molar-refractivity contribution in [3.8, 4) is 16.9 Å². The highest BCUT2D eigenvalue weighted by molar-refractivity contribution is 5.70. The molecule has 1 unspecified atom stereocenters. The molecule has 0 aliphatic carbocycles. The lowest BCUT2D eigenvalue weighted by molar-refractivity contribution is 0.194. The summed E-state index contributed by atoms with van der Waals surface area (Å²) in [4.78, 5) is 14.7. The van der Waals surface area contributed by atoms with Crippen LogP contribution >= 0.6 is 0 Å². The van der Waals surface area contributed by atoms with Gasteiger partial charge in [-0.15, -0.1) is 0 Å². The number of ether oxygens (including phenoxy) is 1. The molecular weight excluding hydrogens is 373 g/mol. The molecule has 0 spiro atoms. The third kappa shape index (κ3) is 5.30. The molecule has 7 heteroatoms. The monoisotopic (exact) mass is 395 g/mol. The number of halogens is 1. The van der Waals surface area contributed by atoms with E-state index in [1.807, 2.05) is 36.4 Å². The number of nitrogens with zero attached hydrogens (tertiary/aromatic N) is 1. The molecule has 150 valence electrons. The first-order chi connectivity index (χ1) is 14.1. The molecule has 1 heterocycles. The van der Waals surface area contributed by atoms with Crippen molar-refractivity contribution in [2.75, 3.05) is 20.2 Å². The van der Waals surface area contributed by atoms with Crippen LogP contribution in [0.15, 0.2) is 67.0 Å². The number of benzene rings is 2. The van der Waals surface area contributed by atoms with E-state index in [4.69, 9.17) is 9.84 Å². The zero-order valence-electron chi connectivity index (χ0n) is 15.9. The van der Waals surface area contributed by atoms with Crippen LogP contribution < -0.4 is 15.4 Å². The van der Waals surface area contributed by atoms with Crippen LogP contribution in [0.3, 0.4) is 0 Å². The number of nitrogens with one attached hydrogen (secondary N) is 2. The van der Waals surface area contributed by atoms with E-state index in [1.54, 1.807) is 18.5 Å². The quantitative estimate of drug-likeness (QED) is 0.505. The van der Waals surface area contributed by atoms with Crippen LogP contribution in [0.1, 0.15) is 17.2 Å². The first-order valence-electron chi connectivity index (χ1n) is 9.12. The molecule has 0 aliphatic heterocycles. The van der Waals surface area contributed by atoms with Crippen LogP contribution in [-0.2, 0) is 0 Å². The Balaban J connectivity index is 1.84. The lowest BCUT2D eigenvalue weighted by atomic mass is 9.96. The molecule has 3 aromatic rings. The summed E-state index contributed by atoms with van der Waals surface area (Å²) < 4.78 is 18.8. The van der Waals surface area contributed by atoms with E-state index in [-0.39, 0.29) is 11.9 Å². The summed E-state index contributed by atoms with van der Waals surface area (Å²) >= 11 is 0. The molecule has 29 heavy (non-hydrogen) atoms. The molecule has 3 rings (SSSR count). The Bertz CT molecular complexity index is 949. The minimum absolute atomic E-state index is 0.127. The molecule has 0 radical (unpaired) electrons. The highest BCUT2D eigenvalue weighted by Crippen LogP contribution is 2.32. The van der Waals surface area contributed by atoms with Gasteiger partial charge in [-0.25, -0.2) is 9.18 Å².